The Hall–Kier alpha value is -4.70. The second-order valence-electron chi connectivity index (χ2n) is 9.54. The summed E-state index contributed by atoms with van der Waals surface area (Å²) in [5.74, 6) is -0.450. The second-order valence-corrected chi connectivity index (χ2v) is 11.3. The number of nitrogens with one attached hydrogen (secondary N) is 2. The Balaban J connectivity index is 1.39. The molecule has 4 rings (SSSR count). The summed E-state index contributed by atoms with van der Waals surface area (Å²) >= 11 is 2.35. The molecule has 0 aliphatic carbocycles. The van der Waals surface area contributed by atoms with Crippen LogP contribution in [0.3, 0.4) is 0 Å². The molecular formula is C26H26N8O6S2. The Kier molecular flexibility index (Phi) is 9.27. The van der Waals surface area contributed by atoms with Crippen LogP contribution in [0.1, 0.15) is 41.6 Å². The number of nitrogens with zero attached hydrogens (tertiary/aromatic N) is 6. The van der Waals surface area contributed by atoms with Crippen molar-refractivity contribution < 1.29 is 19.4 Å². The lowest BCUT2D eigenvalue weighted by atomic mass is 10.0. The smallest absolute Gasteiger partial charge is 0.272 e. The fourth-order valence-corrected chi connectivity index (χ4v) is 5.41. The van der Waals surface area contributed by atoms with Crippen LogP contribution in [-0.2, 0) is 11.8 Å². The number of aryl methyl sites for hydroxylation is 1. The maximum absolute atomic E-state index is 12.9. The van der Waals surface area contributed by atoms with E-state index in [0.29, 0.717) is 32.9 Å². The topological polar surface area (TPSA) is 188 Å². The number of non-ortho nitro benzene ring substituents is 1. The van der Waals surface area contributed by atoms with Gasteiger partial charge in [-0.15, -0.1) is 21.5 Å². The zero-order valence-electron chi connectivity index (χ0n) is 22.9. The fourth-order valence-electron chi connectivity index (χ4n) is 3.95. The number of benzene rings is 2. The van der Waals surface area contributed by atoms with Crippen molar-refractivity contribution in [1.29, 1.82) is 0 Å². The Labute approximate surface area is 247 Å². The zero-order chi connectivity index (χ0) is 30.6. The third kappa shape index (κ3) is 6.95. The van der Waals surface area contributed by atoms with Crippen LogP contribution >= 0.6 is 23.1 Å². The van der Waals surface area contributed by atoms with Crippen LogP contribution in [0, 0.1) is 33.1 Å². The molecular weight excluding hydrogens is 584 g/mol. The lowest BCUT2D eigenvalue weighted by molar-refractivity contribution is -0.385. The lowest BCUT2D eigenvalue weighted by Crippen LogP contribution is -2.33. The molecule has 2 N–H and O–H groups in total. The molecule has 0 unspecified atom stereocenters. The summed E-state index contributed by atoms with van der Waals surface area (Å²) in [7, 11) is 1.72. The number of thiazole rings is 1. The van der Waals surface area contributed by atoms with Crippen molar-refractivity contribution in [2.45, 2.75) is 32.0 Å². The van der Waals surface area contributed by atoms with E-state index in [4.69, 9.17) is 0 Å². The number of nitro benzene ring substituents is 2. The molecule has 14 nitrogen and oxygen atoms in total. The van der Waals surface area contributed by atoms with Crippen molar-refractivity contribution in [3.05, 3.63) is 85.0 Å². The SMILES string of the molecule is Cc1ccc(-c2csc(NC(=O)CSc3nnc([C@@H](NC(=O)c4cccc([N+](=O)[O-])c4)C(C)C)n3C)n2)cc1[N+](=O)[O-]. The molecule has 0 fully saturated rings. The van der Waals surface area contributed by atoms with E-state index >= 15 is 0 Å². The van der Waals surface area contributed by atoms with E-state index in [1.54, 1.807) is 36.1 Å². The van der Waals surface area contributed by atoms with Gasteiger partial charge in [0.2, 0.25) is 5.91 Å². The lowest BCUT2D eigenvalue weighted by Gasteiger charge is -2.21. The summed E-state index contributed by atoms with van der Waals surface area (Å²) in [6.07, 6.45) is 0. The predicted molar refractivity (Wildman–Crippen MR) is 157 cm³/mol. The van der Waals surface area contributed by atoms with E-state index in [9.17, 15) is 29.8 Å². The molecule has 218 valence electrons. The highest BCUT2D eigenvalue weighted by molar-refractivity contribution is 7.99. The number of rotatable bonds is 11. The van der Waals surface area contributed by atoms with E-state index in [2.05, 4.69) is 25.8 Å². The van der Waals surface area contributed by atoms with Crippen molar-refractivity contribution in [1.82, 2.24) is 25.1 Å². The number of nitro groups is 2. The molecule has 0 bridgehead atoms. The summed E-state index contributed by atoms with van der Waals surface area (Å²) in [6, 6.07) is 9.75. The summed E-state index contributed by atoms with van der Waals surface area (Å²) in [4.78, 5) is 51.2. The average Bonchev–Trinajstić information content (AvgIpc) is 3.56. The maximum Gasteiger partial charge on any atom is 0.272 e. The molecule has 4 aromatic rings. The largest absolute Gasteiger partial charge is 0.342 e. The summed E-state index contributed by atoms with van der Waals surface area (Å²) < 4.78 is 1.68. The van der Waals surface area contributed by atoms with Crippen LogP contribution in [0.4, 0.5) is 16.5 Å². The first-order valence-corrected chi connectivity index (χ1v) is 14.4. The van der Waals surface area contributed by atoms with Gasteiger partial charge in [-0.2, -0.15) is 0 Å². The summed E-state index contributed by atoms with van der Waals surface area (Å²) in [6.45, 7) is 5.45. The van der Waals surface area contributed by atoms with Gasteiger partial charge in [0.25, 0.3) is 17.3 Å². The number of carbonyl (C=O) groups excluding carboxylic acids is 2. The standard InChI is InChI=1S/C26H26N8O6S2/c1-14(2)22(29-24(36)17-6-5-7-18(10-17)33(37)38)23-30-31-26(32(23)4)42-13-21(35)28-25-27-19(12-41-25)16-9-8-15(3)20(11-16)34(39)40/h5-12,14,22H,13H2,1-4H3,(H,29,36)(H,27,28,35)/t22-/m0/s1. The Morgan fingerprint density at radius 3 is 2.55 bits per heavy atom. The highest BCUT2D eigenvalue weighted by Crippen LogP contribution is 2.30. The van der Waals surface area contributed by atoms with Gasteiger partial charge in [-0.05, 0) is 18.9 Å². The molecule has 2 aromatic heterocycles. The Bertz CT molecular complexity index is 1670. The average molecular weight is 611 g/mol. The van der Waals surface area contributed by atoms with Gasteiger partial charge in [-0.25, -0.2) is 4.98 Å². The number of aromatic nitrogens is 4. The van der Waals surface area contributed by atoms with E-state index < -0.39 is 21.8 Å². The molecule has 2 heterocycles. The predicted octanol–water partition coefficient (Wildman–Crippen LogP) is 4.92. The molecule has 0 aliphatic rings. The van der Waals surface area contributed by atoms with E-state index in [0.717, 1.165) is 11.8 Å². The van der Waals surface area contributed by atoms with Crippen LogP contribution < -0.4 is 10.6 Å². The minimum Gasteiger partial charge on any atom is -0.342 e. The van der Waals surface area contributed by atoms with Crippen molar-refractivity contribution in [2.75, 3.05) is 11.1 Å². The van der Waals surface area contributed by atoms with Crippen LogP contribution in [0.2, 0.25) is 0 Å². The molecule has 42 heavy (non-hydrogen) atoms. The van der Waals surface area contributed by atoms with E-state index in [1.807, 2.05) is 13.8 Å². The minimum atomic E-state index is -0.565. The van der Waals surface area contributed by atoms with Gasteiger partial charge in [0.1, 0.15) is 0 Å². The fraction of sp³-hybridized carbons (Fsp3) is 0.269. The Morgan fingerprint density at radius 2 is 1.86 bits per heavy atom. The summed E-state index contributed by atoms with van der Waals surface area (Å²) in [5.41, 5.74) is 1.58. The van der Waals surface area contributed by atoms with Crippen molar-refractivity contribution >= 4 is 51.4 Å². The molecule has 0 spiro atoms. The molecule has 0 radical (unpaired) electrons. The molecule has 0 aliphatic heterocycles. The first kappa shape index (κ1) is 30.3. The van der Waals surface area contributed by atoms with Crippen LogP contribution in [0.25, 0.3) is 11.3 Å². The van der Waals surface area contributed by atoms with Gasteiger partial charge in [0.15, 0.2) is 16.1 Å². The number of thioether (sulfide) groups is 1. The second kappa shape index (κ2) is 12.9. The monoisotopic (exact) mass is 610 g/mol. The molecule has 2 amide bonds. The van der Waals surface area contributed by atoms with Gasteiger partial charge < -0.3 is 15.2 Å². The van der Waals surface area contributed by atoms with Gasteiger partial charge in [0, 0.05) is 47.3 Å². The first-order valence-electron chi connectivity index (χ1n) is 12.5. The zero-order valence-corrected chi connectivity index (χ0v) is 24.6. The number of anilines is 1. The van der Waals surface area contributed by atoms with Crippen LogP contribution in [-0.4, -0.2) is 47.2 Å². The Morgan fingerprint density at radius 1 is 1.10 bits per heavy atom. The number of hydrogen-bond donors (Lipinski definition) is 2. The van der Waals surface area contributed by atoms with E-state index in [1.165, 1.54) is 41.7 Å². The number of hydrogen-bond acceptors (Lipinski definition) is 11. The normalized spacial score (nSPS) is 11.7. The highest BCUT2D eigenvalue weighted by Gasteiger charge is 2.26. The van der Waals surface area contributed by atoms with Crippen molar-refractivity contribution in [3.63, 3.8) is 0 Å². The van der Waals surface area contributed by atoms with Crippen molar-refractivity contribution in [3.8, 4) is 11.3 Å². The third-order valence-electron chi connectivity index (χ3n) is 6.20. The quantitative estimate of drug-likeness (QED) is 0.134. The van der Waals surface area contributed by atoms with E-state index in [-0.39, 0.29) is 34.5 Å². The van der Waals surface area contributed by atoms with Gasteiger partial charge in [0.05, 0.1) is 27.3 Å². The molecule has 1 atom stereocenters. The minimum absolute atomic E-state index is 0.00325. The molecule has 16 heteroatoms. The van der Waals surface area contributed by atoms with Crippen molar-refractivity contribution in [2.24, 2.45) is 13.0 Å². The van der Waals surface area contributed by atoms with Crippen LogP contribution in [0.15, 0.2) is 53.0 Å². The van der Waals surface area contributed by atoms with Gasteiger partial charge in [-0.1, -0.05) is 43.8 Å². The first-order chi connectivity index (χ1) is 19.9. The third-order valence-corrected chi connectivity index (χ3v) is 7.98. The molecule has 0 saturated heterocycles. The number of amides is 2. The van der Waals surface area contributed by atoms with Gasteiger partial charge in [-0.3, -0.25) is 29.8 Å². The summed E-state index contributed by atoms with van der Waals surface area (Å²) in [5, 5.41) is 38.9. The molecule has 2 aromatic carbocycles. The number of carbonyl (C=O) groups is 2. The highest BCUT2D eigenvalue weighted by atomic mass is 32.2. The van der Waals surface area contributed by atoms with Gasteiger partial charge >= 0.3 is 0 Å². The molecule has 0 saturated carbocycles. The van der Waals surface area contributed by atoms with Crippen LogP contribution in [0.5, 0.6) is 0 Å². The maximum atomic E-state index is 12.9.